The van der Waals surface area contributed by atoms with Crippen LogP contribution in [-0.4, -0.2) is 14.2 Å². The third-order valence-electron chi connectivity index (χ3n) is 1.92. The van der Waals surface area contributed by atoms with Gasteiger partial charge in [0.15, 0.2) is 9.84 Å². The summed E-state index contributed by atoms with van der Waals surface area (Å²) in [5, 5.41) is 0.514. The summed E-state index contributed by atoms with van der Waals surface area (Å²) in [7, 11) is -3.03. The van der Waals surface area contributed by atoms with E-state index in [1.54, 1.807) is 25.1 Å². The zero-order valence-corrected chi connectivity index (χ0v) is 9.40. The predicted octanol–water partition coefficient (Wildman–Crippen LogP) is 1.86. The molecular formula is C9H12ClNO2S. The third kappa shape index (κ3) is 2.89. The van der Waals surface area contributed by atoms with Crippen LogP contribution in [0.5, 0.6) is 0 Å². The first-order valence-corrected chi connectivity index (χ1v) is 6.39. The Morgan fingerprint density at radius 1 is 1.43 bits per heavy atom. The molecule has 0 fully saturated rings. The van der Waals surface area contributed by atoms with Crippen molar-refractivity contribution < 1.29 is 8.42 Å². The minimum Gasteiger partial charge on any atom is -0.398 e. The number of nitrogen functional groups attached to an aromatic ring is 1. The summed E-state index contributed by atoms with van der Waals surface area (Å²) >= 11 is 5.69. The Bertz CT molecular complexity index is 428. The molecule has 78 valence electrons. The van der Waals surface area contributed by atoms with E-state index in [0.717, 1.165) is 0 Å². The molecule has 0 bridgehead atoms. The summed E-state index contributed by atoms with van der Waals surface area (Å²) in [4.78, 5) is 0. The van der Waals surface area contributed by atoms with Crippen molar-refractivity contribution in [2.45, 2.75) is 12.7 Å². The van der Waals surface area contributed by atoms with E-state index in [1.165, 1.54) is 0 Å². The van der Waals surface area contributed by atoms with E-state index in [4.69, 9.17) is 17.3 Å². The van der Waals surface area contributed by atoms with E-state index in [9.17, 15) is 8.42 Å². The Kier molecular flexibility index (Phi) is 3.39. The molecule has 0 aliphatic rings. The maximum atomic E-state index is 11.3. The molecule has 2 N–H and O–H groups in total. The molecule has 0 radical (unpaired) electrons. The molecule has 1 rings (SSSR count). The number of halogens is 1. The van der Waals surface area contributed by atoms with Gasteiger partial charge >= 0.3 is 0 Å². The maximum Gasteiger partial charge on any atom is 0.154 e. The number of sulfone groups is 1. The van der Waals surface area contributed by atoms with Crippen LogP contribution in [0, 0.1) is 0 Å². The van der Waals surface area contributed by atoms with Crippen LogP contribution in [0.2, 0.25) is 5.02 Å². The van der Waals surface area contributed by atoms with Crippen LogP contribution in [0.1, 0.15) is 12.5 Å². The van der Waals surface area contributed by atoms with Gasteiger partial charge in [0.2, 0.25) is 0 Å². The highest BCUT2D eigenvalue weighted by Crippen LogP contribution is 2.20. The Morgan fingerprint density at radius 2 is 2.07 bits per heavy atom. The average molecular weight is 234 g/mol. The van der Waals surface area contributed by atoms with Gasteiger partial charge in [0.1, 0.15) is 0 Å². The fourth-order valence-electron chi connectivity index (χ4n) is 1.04. The molecule has 5 heteroatoms. The fraction of sp³-hybridized carbons (Fsp3) is 0.333. The molecule has 1 aromatic rings. The zero-order valence-electron chi connectivity index (χ0n) is 7.83. The quantitative estimate of drug-likeness (QED) is 0.811. The standard InChI is InChI=1S/C9H12ClNO2S/c1-2-14(12,13)6-7-3-4-8(10)5-9(7)11/h3-5H,2,6,11H2,1H3. The van der Waals surface area contributed by atoms with Crippen molar-refractivity contribution in [1.82, 2.24) is 0 Å². The SMILES string of the molecule is CCS(=O)(=O)Cc1ccc(Cl)cc1N. The van der Waals surface area contributed by atoms with Crippen molar-refractivity contribution in [1.29, 1.82) is 0 Å². The summed E-state index contributed by atoms with van der Waals surface area (Å²) in [6.45, 7) is 1.61. The van der Waals surface area contributed by atoms with E-state index in [-0.39, 0.29) is 11.5 Å². The molecule has 3 nitrogen and oxygen atoms in total. The molecule has 0 aliphatic carbocycles. The summed E-state index contributed by atoms with van der Waals surface area (Å²) in [5.41, 5.74) is 6.67. The van der Waals surface area contributed by atoms with Crippen LogP contribution >= 0.6 is 11.6 Å². The lowest BCUT2D eigenvalue weighted by atomic mass is 10.2. The highest BCUT2D eigenvalue weighted by Gasteiger charge is 2.11. The summed E-state index contributed by atoms with van der Waals surface area (Å²) in [6.07, 6.45) is 0. The van der Waals surface area contributed by atoms with Crippen molar-refractivity contribution in [3.8, 4) is 0 Å². The molecular weight excluding hydrogens is 222 g/mol. The number of hydrogen-bond donors (Lipinski definition) is 1. The molecule has 0 saturated heterocycles. The van der Waals surface area contributed by atoms with Gasteiger partial charge in [-0.2, -0.15) is 0 Å². The third-order valence-corrected chi connectivity index (χ3v) is 3.79. The molecule has 0 aliphatic heterocycles. The Labute approximate surface area is 88.8 Å². The van der Waals surface area contributed by atoms with Gasteiger partial charge in [-0.1, -0.05) is 24.6 Å². The molecule has 0 amide bonds. The van der Waals surface area contributed by atoms with Gasteiger partial charge in [-0.3, -0.25) is 0 Å². The molecule has 0 aromatic heterocycles. The zero-order chi connectivity index (χ0) is 10.8. The lowest BCUT2D eigenvalue weighted by Crippen LogP contribution is -2.08. The largest absolute Gasteiger partial charge is 0.398 e. The van der Waals surface area contributed by atoms with Crippen LogP contribution in [0.4, 0.5) is 5.69 Å². The highest BCUT2D eigenvalue weighted by molar-refractivity contribution is 7.90. The first-order chi connectivity index (χ1) is 6.44. The van der Waals surface area contributed by atoms with Crippen LogP contribution < -0.4 is 5.73 Å². The predicted molar refractivity (Wildman–Crippen MR) is 59.0 cm³/mol. The van der Waals surface area contributed by atoms with Gasteiger partial charge < -0.3 is 5.73 Å². The molecule has 0 spiro atoms. The minimum absolute atomic E-state index is 0.0213. The minimum atomic E-state index is -3.03. The molecule has 1 aromatic carbocycles. The number of benzene rings is 1. The second-order valence-corrected chi connectivity index (χ2v) is 5.81. The number of nitrogens with two attached hydrogens (primary N) is 1. The van der Waals surface area contributed by atoms with Crippen molar-refractivity contribution in [2.24, 2.45) is 0 Å². The first kappa shape index (κ1) is 11.3. The van der Waals surface area contributed by atoms with Gasteiger partial charge in [0, 0.05) is 16.5 Å². The monoisotopic (exact) mass is 233 g/mol. The molecule has 0 heterocycles. The molecule has 0 saturated carbocycles. The van der Waals surface area contributed by atoms with Gasteiger partial charge in [0.05, 0.1) is 5.75 Å². The molecule has 0 unspecified atom stereocenters. The topological polar surface area (TPSA) is 60.2 Å². The smallest absolute Gasteiger partial charge is 0.154 e. The van der Waals surface area contributed by atoms with E-state index in [0.29, 0.717) is 16.3 Å². The van der Waals surface area contributed by atoms with E-state index >= 15 is 0 Å². The first-order valence-electron chi connectivity index (χ1n) is 4.19. The number of anilines is 1. The van der Waals surface area contributed by atoms with Crippen molar-refractivity contribution in [2.75, 3.05) is 11.5 Å². The number of rotatable bonds is 3. The van der Waals surface area contributed by atoms with Crippen LogP contribution in [0.3, 0.4) is 0 Å². The maximum absolute atomic E-state index is 11.3. The summed E-state index contributed by atoms with van der Waals surface area (Å²) < 4.78 is 22.6. The second-order valence-electron chi connectivity index (χ2n) is 3.02. The van der Waals surface area contributed by atoms with E-state index in [1.807, 2.05) is 0 Å². The molecule has 0 atom stereocenters. The van der Waals surface area contributed by atoms with Crippen LogP contribution in [-0.2, 0) is 15.6 Å². The molecule has 14 heavy (non-hydrogen) atoms. The second kappa shape index (κ2) is 4.19. The van der Waals surface area contributed by atoms with Gasteiger partial charge in [-0.05, 0) is 17.7 Å². The van der Waals surface area contributed by atoms with E-state index in [2.05, 4.69) is 0 Å². The van der Waals surface area contributed by atoms with Crippen LogP contribution in [0.25, 0.3) is 0 Å². The summed E-state index contributed by atoms with van der Waals surface area (Å²) in [6, 6.07) is 4.84. The average Bonchev–Trinajstić information content (AvgIpc) is 2.10. The van der Waals surface area contributed by atoms with E-state index < -0.39 is 9.84 Å². The van der Waals surface area contributed by atoms with Gasteiger partial charge in [-0.25, -0.2) is 8.42 Å². The van der Waals surface area contributed by atoms with Crippen molar-refractivity contribution in [3.05, 3.63) is 28.8 Å². The Balaban J connectivity index is 2.99. The fourth-order valence-corrected chi connectivity index (χ4v) is 2.16. The normalized spacial score (nSPS) is 11.6. The Morgan fingerprint density at radius 3 is 2.57 bits per heavy atom. The number of hydrogen-bond acceptors (Lipinski definition) is 3. The van der Waals surface area contributed by atoms with Gasteiger partial charge in [0.25, 0.3) is 0 Å². The highest BCUT2D eigenvalue weighted by atomic mass is 35.5. The van der Waals surface area contributed by atoms with Gasteiger partial charge in [-0.15, -0.1) is 0 Å². The summed E-state index contributed by atoms with van der Waals surface area (Å²) in [5.74, 6) is 0.0988. The lowest BCUT2D eigenvalue weighted by molar-refractivity contribution is 0.596. The van der Waals surface area contributed by atoms with Crippen molar-refractivity contribution in [3.63, 3.8) is 0 Å². The Hall–Kier alpha value is -0.740. The van der Waals surface area contributed by atoms with Crippen LogP contribution in [0.15, 0.2) is 18.2 Å². The lowest BCUT2D eigenvalue weighted by Gasteiger charge is -2.05. The van der Waals surface area contributed by atoms with Crippen molar-refractivity contribution >= 4 is 27.1 Å².